The number of nitrogens with one attached hydrogen (secondary N) is 1. The zero-order valence-electron chi connectivity index (χ0n) is 12.4. The van der Waals surface area contributed by atoms with Crippen LogP contribution >= 0.6 is 11.6 Å². The molecule has 21 heavy (non-hydrogen) atoms. The molecule has 2 aromatic carbocycles. The van der Waals surface area contributed by atoms with Crippen LogP contribution in [0.2, 0.25) is 5.02 Å². The molecule has 0 fully saturated rings. The Morgan fingerprint density at radius 1 is 1.14 bits per heavy atom. The standard InChI is InChI=1S/C17H18ClNO2/c1-11-4-6-14(18)10-15(11)19-17(20)9-13-5-7-16(21-3)12(2)8-13/h4-8,10H,9H2,1-3H3,(H,19,20). The molecule has 0 spiro atoms. The maximum absolute atomic E-state index is 12.1. The van der Waals surface area contributed by atoms with Crippen LogP contribution in [0.1, 0.15) is 16.7 Å². The Hall–Kier alpha value is -2.00. The lowest BCUT2D eigenvalue weighted by Crippen LogP contribution is -2.15. The van der Waals surface area contributed by atoms with Gasteiger partial charge in [0.25, 0.3) is 0 Å². The summed E-state index contributed by atoms with van der Waals surface area (Å²) in [5, 5.41) is 3.50. The fourth-order valence-electron chi connectivity index (χ4n) is 2.16. The molecule has 0 aliphatic carbocycles. The molecule has 1 amide bonds. The van der Waals surface area contributed by atoms with Crippen molar-refractivity contribution in [2.75, 3.05) is 12.4 Å². The van der Waals surface area contributed by atoms with Gasteiger partial charge in [0.05, 0.1) is 13.5 Å². The molecule has 110 valence electrons. The van der Waals surface area contributed by atoms with E-state index in [0.29, 0.717) is 11.4 Å². The number of ether oxygens (including phenoxy) is 1. The van der Waals surface area contributed by atoms with Gasteiger partial charge in [-0.25, -0.2) is 0 Å². The van der Waals surface area contributed by atoms with E-state index in [1.807, 2.05) is 38.1 Å². The summed E-state index contributed by atoms with van der Waals surface area (Å²) < 4.78 is 5.21. The lowest BCUT2D eigenvalue weighted by atomic mass is 10.1. The van der Waals surface area contributed by atoms with Crippen LogP contribution in [-0.2, 0) is 11.2 Å². The van der Waals surface area contributed by atoms with E-state index in [1.165, 1.54) is 0 Å². The van der Waals surface area contributed by atoms with Gasteiger partial charge in [-0.05, 0) is 48.7 Å². The summed E-state index contributed by atoms with van der Waals surface area (Å²) in [4.78, 5) is 12.1. The monoisotopic (exact) mass is 303 g/mol. The van der Waals surface area contributed by atoms with E-state index < -0.39 is 0 Å². The number of methoxy groups -OCH3 is 1. The Morgan fingerprint density at radius 2 is 1.90 bits per heavy atom. The van der Waals surface area contributed by atoms with Crippen LogP contribution in [0.15, 0.2) is 36.4 Å². The molecular weight excluding hydrogens is 286 g/mol. The average molecular weight is 304 g/mol. The normalized spacial score (nSPS) is 10.3. The third kappa shape index (κ3) is 3.99. The Bertz CT molecular complexity index is 668. The largest absolute Gasteiger partial charge is 0.496 e. The van der Waals surface area contributed by atoms with Crippen molar-refractivity contribution in [2.24, 2.45) is 0 Å². The number of rotatable bonds is 4. The highest BCUT2D eigenvalue weighted by molar-refractivity contribution is 6.31. The second kappa shape index (κ2) is 6.64. The van der Waals surface area contributed by atoms with Crippen LogP contribution in [0.25, 0.3) is 0 Å². The summed E-state index contributed by atoms with van der Waals surface area (Å²) >= 11 is 5.95. The van der Waals surface area contributed by atoms with Crippen molar-refractivity contribution in [3.05, 3.63) is 58.1 Å². The van der Waals surface area contributed by atoms with Crippen LogP contribution in [0, 0.1) is 13.8 Å². The molecule has 0 atom stereocenters. The molecule has 0 saturated heterocycles. The Morgan fingerprint density at radius 3 is 2.57 bits per heavy atom. The number of carbonyl (C=O) groups excluding carboxylic acids is 1. The lowest BCUT2D eigenvalue weighted by Gasteiger charge is -2.10. The van der Waals surface area contributed by atoms with Crippen LogP contribution in [0.4, 0.5) is 5.69 Å². The number of halogens is 1. The van der Waals surface area contributed by atoms with Gasteiger partial charge in [-0.1, -0.05) is 29.8 Å². The predicted molar refractivity (Wildman–Crippen MR) is 86.3 cm³/mol. The molecule has 0 heterocycles. The molecule has 0 saturated carbocycles. The zero-order valence-corrected chi connectivity index (χ0v) is 13.1. The molecule has 2 rings (SSSR count). The number of carbonyl (C=O) groups is 1. The summed E-state index contributed by atoms with van der Waals surface area (Å²) in [6.45, 7) is 3.89. The van der Waals surface area contributed by atoms with E-state index in [4.69, 9.17) is 16.3 Å². The van der Waals surface area contributed by atoms with Gasteiger partial charge in [0, 0.05) is 10.7 Å². The number of anilines is 1. The van der Waals surface area contributed by atoms with Crippen molar-refractivity contribution < 1.29 is 9.53 Å². The van der Waals surface area contributed by atoms with Crippen molar-refractivity contribution in [1.82, 2.24) is 0 Å². The van der Waals surface area contributed by atoms with Crippen LogP contribution < -0.4 is 10.1 Å². The van der Waals surface area contributed by atoms with Gasteiger partial charge < -0.3 is 10.1 Å². The van der Waals surface area contributed by atoms with Gasteiger partial charge >= 0.3 is 0 Å². The fraction of sp³-hybridized carbons (Fsp3) is 0.235. The molecule has 0 bridgehead atoms. The lowest BCUT2D eigenvalue weighted by molar-refractivity contribution is -0.115. The summed E-state index contributed by atoms with van der Waals surface area (Å²) in [6.07, 6.45) is 0.316. The summed E-state index contributed by atoms with van der Waals surface area (Å²) in [6, 6.07) is 11.2. The van der Waals surface area contributed by atoms with Crippen LogP contribution in [-0.4, -0.2) is 13.0 Å². The molecule has 0 aliphatic heterocycles. The van der Waals surface area contributed by atoms with Gasteiger partial charge in [0.2, 0.25) is 5.91 Å². The van der Waals surface area contributed by atoms with Crippen molar-refractivity contribution >= 4 is 23.2 Å². The minimum Gasteiger partial charge on any atom is -0.496 e. The third-order valence-electron chi connectivity index (χ3n) is 3.30. The highest BCUT2D eigenvalue weighted by atomic mass is 35.5. The van der Waals surface area contributed by atoms with E-state index in [0.717, 1.165) is 28.1 Å². The molecule has 2 aromatic rings. The number of hydrogen-bond donors (Lipinski definition) is 1. The van der Waals surface area contributed by atoms with Crippen molar-refractivity contribution in [2.45, 2.75) is 20.3 Å². The van der Waals surface area contributed by atoms with Crippen LogP contribution in [0.3, 0.4) is 0 Å². The van der Waals surface area contributed by atoms with Gasteiger partial charge in [0.1, 0.15) is 5.75 Å². The Labute approximate surface area is 129 Å². The van der Waals surface area contributed by atoms with E-state index >= 15 is 0 Å². The molecular formula is C17H18ClNO2. The highest BCUT2D eigenvalue weighted by Crippen LogP contribution is 2.21. The maximum atomic E-state index is 12.1. The molecule has 3 nitrogen and oxygen atoms in total. The fourth-order valence-corrected chi connectivity index (χ4v) is 2.33. The molecule has 0 radical (unpaired) electrons. The average Bonchev–Trinajstić information content (AvgIpc) is 2.43. The zero-order chi connectivity index (χ0) is 15.4. The van der Waals surface area contributed by atoms with E-state index in [-0.39, 0.29) is 5.91 Å². The number of hydrogen-bond acceptors (Lipinski definition) is 2. The predicted octanol–water partition coefficient (Wildman–Crippen LogP) is 4.15. The van der Waals surface area contributed by atoms with E-state index in [1.54, 1.807) is 19.2 Å². The van der Waals surface area contributed by atoms with Crippen molar-refractivity contribution in [1.29, 1.82) is 0 Å². The van der Waals surface area contributed by atoms with E-state index in [2.05, 4.69) is 5.32 Å². The summed E-state index contributed by atoms with van der Waals surface area (Å²) in [7, 11) is 1.64. The Kier molecular flexibility index (Phi) is 4.86. The first-order valence-corrected chi connectivity index (χ1v) is 7.07. The van der Waals surface area contributed by atoms with Crippen molar-refractivity contribution in [3.8, 4) is 5.75 Å². The quantitative estimate of drug-likeness (QED) is 0.921. The minimum absolute atomic E-state index is 0.0649. The first-order chi connectivity index (χ1) is 9.99. The van der Waals surface area contributed by atoms with Gasteiger partial charge in [-0.15, -0.1) is 0 Å². The SMILES string of the molecule is COc1ccc(CC(=O)Nc2cc(Cl)ccc2C)cc1C. The molecule has 0 aliphatic rings. The first-order valence-electron chi connectivity index (χ1n) is 6.69. The number of benzene rings is 2. The molecule has 0 unspecified atom stereocenters. The summed E-state index contributed by atoms with van der Waals surface area (Å²) in [5.41, 5.74) is 3.70. The second-order valence-corrected chi connectivity index (χ2v) is 5.42. The van der Waals surface area contributed by atoms with Gasteiger partial charge in [-0.2, -0.15) is 0 Å². The molecule has 0 aromatic heterocycles. The Balaban J connectivity index is 2.08. The van der Waals surface area contributed by atoms with E-state index in [9.17, 15) is 4.79 Å². The number of aryl methyl sites for hydroxylation is 2. The topological polar surface area (TPSA) is 38.3 Å². The van der Waals surface area contributed by atoms with Gasteiger partial charge in [-0.3, -0.25) is 4.79 Å². The number of amides is 1. The third-order valence-corrected chi connectivity index (χ3v) is 3.53. The van der Waals surface area contributed by atoms with Crippen LogP contribution in [0.5, 0.6) is 5.75 Å². The summed E-state index contributed by atoms with van der Waals surface area (Å²) in [5.74, 6) is 0.759. The maximum Gasteiger partial charge on any atom is 0.228 e. The molecule has 4 heteroatoms. The minimum atomic E-state index is -0.0649. The first kappa shape index (κ1) is 15.4. The van der Waals surface area contributed by atoms with Crippen molar-refractivity contribution in [3.63, 3.8) is 0 Å². The molecule has 1 N–H and O–H groups in total. The highest BCUT2D eigenvalue weighted by Gasteiger charge is 2.08. The smallest absolute Gasteiger partial charge is 0.228 e. The van der Waals surface area contributed by atoms with Gasteiger partial charge in [0.15, 0.2) is 0 Å². The second-order valence-electron chi connectivity index (χ2n) is 4.99.